The van der Waals surface area contributed by atoms with Gasteiger partial charge in [0.1, 0.15) is 6.10 Å². The summed E-state index contributed by atoms with van der Waals surface area (Å²) in [5.74, 6) is -0.554. The van der Waals surface area contributed by atoms with E-state index in [1.54, 1.807) is 24.3 Å². The number of hydrogen-bond acceptors (Lipinski definition) is 3. The van der Waals surface area contributed by atoms with Gasteiger partial charge >= 0.3 is 0 Å². The fourth-order valence-electron chi connectivity index (χ4n) is 2.20. The molecule has 0 heterocycles. The molecule has 100 valence electrons. The van der Waals surface area contributed by atoms with Gasteiger partial charge in [0, 0.05) is 17.1 Å². The highest BCUT2D eigenvalue weighted by Crippen LogP contribution is 2.32. The standard InChI is InChI=1S/C14H14ClNO3/c1-9-6-12(13(7-9)19-8-17)14(18)16-11-4-2-10(15)3-5-11/h2-5,8,12-13H,1,6-7H2,(H,16,18)/t12-,13+/m1/s1. The highest BCUT2D eigenvalue weighted by Gasteiger charge is 2.36. The molecule has 1 aromatic rings. The number of carbonyl (C=O) groups excluding carboxylic acids is 2. The van der Waals surface area contributed by atoms with E-state index in [4.69, 9.17) is 16.3 Å². The van der Waals surface area contributed by atoms with E-state index in [1.807, 2.05) is 0 Å². The largest absolute Gasteiger partial charge is 0.463 e. The zero-order valence-electron chi connectivity index (χ0n) is 10.3. The molecule has 0 aromatic heterocycles. The van der Waals surface area contributed by atoms with Crippen molar-refractivity contribution in [3.8, 4) is 0 Å². The molecule has 0 spiro atoms. The molecule has 1 aromatic carbocycles. The van der Waals surface area contributed by atoms with E-state index in [0.29, 0.717) is 30.0 Å². The lowest BCUT2D eigenvalue weighted by molar-refractivity contribution is -0.137. The summed E-state index contributed by atoms with van der Waals surface area (Å²) in [6, 6.07) is 6.84. The van der Waals surface area contributed by atoms with Crippen LogP contribution in [0.25, 0.3) is 0 Å². The number of halogens is 1. The van der Waals surface area contributed by atoms with Gasteiger partial charge in [-0.15, -0.1) is 0 Å². The van der Waals surface area contributed by atoms with Gasteiger partial charge in [0.25, 0.3) is 6.47 Å². The maximum atomic E-state index is 12.1. The Labute approximate surface area is 116 Å². The van der Waals surface area contributed by atoms with Crippen molar-refractivity contribution >= 4 is 29.7 Å². The molecule has 2 rings (SSSR count). The summed E-state index contributed by atoms with van der Waals surface area (Å²) < 4.78 is 4.94. The van der Waals surface area contributed by atoms with Gasteiger partial charge in [0.05, 0.1) is 5.92 Å². The Morgan fingerprint density at radius 3 is 2.68 bits per heavy atom. The van der Waals surface area contributed by atoms with E-state index in [0.717, 1.165) is 5.57 Å². The molecule has 5 heteroatoms. The summed E-state index contributed by atoms with van der Waals surface area (Å²) in [6.07, 6.45) is 0.660. The predicted octanol–water partition coefficient (Wildman–Crippen LogP) is 2.79. The molecule has 4 nitrogen and oxygen atoms in total. The van der Waals surface area contributed by atoms with E-state index in [1.165, 1.54) is 0 Å². The third-order valence-corrected chi connectivity index (χ3v) is 3.38. The van der Waals surface area contributed by atoms with Crippen molar-refractivity contribution in [2.45, 2.75) is 18.9 Å². The first-order valence-electron chi connectivity index (χ1n) is 5.92. The van der Waals surface area contributed by atoms with Gasteiger partial charge in [-0.2, -0.15) is 0 Å². The van der Waals surface area contributed by atoms with Crippen molar-refractivity contribution in [2.75, 3.05) is 5.32 Å². The van der Waals surface area contributed by atoms with Crippen molar-refractivity contribution in [2.24, 2.45) is 5.92 Å². The van der Waals surface area contributed by atoms with Gasteiger partial charge in [0.15, 0.2) is 0 Å². The fourth-order valence-corrected chi connectivity index (χ4v) is 2.32. The van der Waals surface area contributed by atoms with E-state index in [9.17, 15) is 9.59 Å². The molecule has 0 saturated heterocycles. The van der Waals surface area contributed by atoms with Gasteiger partial charge in [0.2, 0.25) is 5.91 Å². The molecule has 0 aliphatic heterocycles. The van der Waals surface area contributed by atoms with Crippen LogP contribution in [-0.2, 0) is 14.3 Å². The number of rotatable bonds is 4. The number of amides is 1. The first-order valence-corrected chi connectivity index (χ1v) is 6.30. The maximum absolute atomic E-state index is 12.1. The van der Waals surface area contributed by atoms with Crippen LogP contribution in [0.1, 0.15) is 12.8 Å². The Morgan fingerprint density at radius 2 is 2.05 bits per heavy atom. The number of benzene rings is 1. The molecule has 1 aliphatic rings. The maximum Gasteiger partial charge on any atom is 0.293 e. The molecule has 19 heavy (non-hydrogen) atoms. The van der Waals surface area contributed by atoms with Crippen LogP contribution < -0.4 is 5.32 Å². The van der Waals surface area contributed by atoms with Crippen LogP contribution in [0, 0.1) is 5.92 Å². The zero-order chi connectivity index (χ0) is 13.8. The van der Waals surface area contributed by atoms with Crippen LogP contribution in [0.5, 0.6) is 0 Å². The number of carbonyl (C=O) groups is 2. The van der Waals surface area contributed by atoms with Gasteiger partial charge in [-0.25, -0.2) is 0 Å². The Bertz CT molecular complexity index is 498. The van der Waals surface area contributed by atoms with Crippen molar-refractivity contribution < 1.29 is 14.3 Å². The second-order valence-corrected chi connectivity index (χ2v) is 4.97. The van der Waals surface area contributed by atoms with Crippen molar-refractivity contribution in [1.29, 1.82) is 0 Å². The molecule has 1 aliphatic carbocycles. The van der Waals surface area contributed by atoms with Gasteiger partial charge in [-0.05, 0) is 30.7 Å². The van der Waals surface area contributed by atoms with E-state index >= 15 is 0 Å². The lowest BCUT2D eigenvalue weighted by Gasteiger charge is -2.17. The Hall–Kier alpha value is -1.81. The van der Waals surface area contributed by atoms with Crippen LogP contribution in [0.3, 0.4) is 0 Å². The van der Waals surface area contributed by atoms with E-state index in [2.05, 4.69) is 11.9 Å². The Morgan fingerprint density at radius 1 is 1.37 bits per heavy atom. The first-order chi connectivity index (χ1) is 9.10. The topological polar surface area (TPSA) is 55.4 Å². The summed E-state index contributed by atoms with van der Waals surface area (Å²) in [4.78, 5) is 22.6. The average Bonchev–Trinajstić information content (AvgIpc) is 2.74. The minimum absolute atomic E-state index is 0.173. The lowest BCUT2D eigenvalue weighted by Crippen LogP contribution is -2.30. The summed E-state index contributed by atoms with van der Waals surface area (Å²) in [5.41, 5.74) is 1.58. The van der Waals surface area contributed by atoms with Crippen LogP contribution in [0.15, 0.2) is 36.4 Å². The van der Waals surface area contributed by atoms with Crippen molar-refractivity contribution in [3.05, 3.63) is 41.4 Å². The number of hydrogen-bond donors (Lipinski definition) is 1. The second-order valence-electron chi connectivity index (χ2n) is 4.53. The minimum atomic E-state index is -0.419. The van der Waals surface area contributed by atoms with Crippen molar-refractivity contribution in [1.82, 2.24) is 0 Å². The van der Waals surface area contributed by atoms with Crippen LogP contribution >= 0.6 is 11.6 Å². The number of nitrogens with one attached hydrogen (secondary N) is 1. The van der Waals surface area contributed by atoms with Gasteiger partial charge < -0.3 is 10.1 Å². The molecule has 0 radical (unpaired) electrons. The smallest absolute Gasteiger partial charge is 0.293 e. The van der Waals surface area contributed by atoms with Crippen molar-refractivity contribution in [3.63, 3.8) is 0 Å². The zero-order valence-corrected chi connectivity index (χ0v) is 11.0. The molecule has 2 atom stereocenters. The normalized spacial score (nSPS) is 22.1. The lowest BCUT2D eigenvalue weighted by atomic mass is 10.0. The third kappa shape index (κ3) is 3.35. The summed E-state index contributed by atoms with van der Waals surface area (Å²) in [6.45, 7) is 4.23. The van der Waals surface area contributed by atoms with Crippen LogP contribution in [0.4, 0.5) is 5.69 Å². The van der Waals surface area contributed by atoms with Gasteiger partial charge in [-0.1, -0.05) is 23.8 Å². The molecule has 0 bridgehead atoms. The van der Waals surface area contributed by atoms with Crippen LogP contribution in [0.2, 0.25) is 5.02 Å². The Kier molecular flexibility index (Phi) is 4.22. The quantitative estimate of drug-likeness (QED) is 0.681. The molecule has 1 amide bonds. The minimum Gasteiger partial charge on any atom is -0.463 e. The second kappa shape index (κ2) is 5.89. The monoisotopic (exact) mass is 279 g/mol. The average molecular weight is 280 g/mol. The summed E-state index contributed by atoms with van der Waals surface area (Å²) in [7, 11) is 0. The highest BCUT2D eigenvalue weighted by molar-refractivity contribution is 6.30. The Balaban J connectivity index is 2.04. The molecule has 0 unspecified atom stereocenters. The molecule has 1 N–H and O–H groups in total. The number of ether oxygens (including phenoxy) is 1. The fraction of sp³-hybridized carbons (Fsp3) is 0.286. The van der Waals surface area contributed by atoms with E-state index < -0.39 is 6.10 Å². The van der Waals surface area contributed by atoms with Crippen LogP contribution in [-0.4, -0.2) is 18.5 Å². The predicted molar refractivity (Wildman–Crippen MR) is 72.9 cm³/mol. The number of anilines is 1. The highest BCUT2D eigenvalue weighted by atomic mass is 35.5. The summed E-state index contributed by atoms with van der Waals surface area (Å²) >= 11 is 5.78. The molecular formula is C14H14ClNO3. The first kappa shape index (κ1) is 13.6. The van der Waals surface area contributed by atoms with Gasteiger partial charge in [-0.3, -0.25) is 9.59 Å². The molecular weight excluding hydrogens is 266 g/mol. The third-order valence-electron chi connectivity index (χ3n) is 3.13. The molecule has 1 fully saturated rings. The van der Waals surface area contributed by atoms with E-state index in [-0.39, 0.29) is 11.8 Å². The molecule has 1 saturated carbocycles. The summed E-state index contributed by atoms with van der Waals surface area (Å²) in [5, 5.41) is 3.39. The SMILES string of the molecule is C=C1C[C@H](OC=O)[C@H](C(=O)Nc2ccc(Cl)cc2)C1.